The van der Waals surface area contributed by atoms with Crippen molar-refractivity contribution in [1.29, 1.82) is 0 Å². The molecule has 2 heterocycles. The molecule has 6 rings (SSSR count). The number of benzene rings is 4. The molecule has 0 aliphatic rings. The maximum absolute atomic E-state index is 5.95. The van der Waals surface area contributed by atoms with E-state index in [4.69, 9.17) is 10.7 Å². The Balaban J connectivity index is 0.000000144. The Morgan fingerprint density at radius 3 is 1.61 bits per heavy atom. The zero-order chi connectivity index (χ0) is 22.9. The van der Waals surface area contributed by atoms with Gasteiger partial charge in [-0.1, -0.05) is 30.3 Å². The SMILES string of the molecule is Cc1cc2nc3cccc(N(C)C)c3nc2cc1N.c1ccc2nc3ccccc3nc2c1. The summed E-state index contributed by atoms with van der Waals surface area (Å²) in [4.78, 5) is 20.5. The summed E-state index contributed by atoms with van der Waals surface area (Å²) >= 11 is 0. The average Bonchev–Trinajstić information content (AvgIpc) is 2.82. The van der Waals surface area contributed by atoms with Crippen molar-refractivity contribution in [3.63, 3.8) is 0 Å². The minimum atomic E-state index is 0.753. The lowest BCUT2D eigenvalue weighted by Crippen LogP contribution is -2.09. The van der Waals surface area contributed by atoms with Crippen molar-refractivity contribution in [2.75, 3.05) is 24.7 Å². The van der Waals surface area contributed by atoms with E-state index < -0.39 is 0 Å². The smallest absolute Gasteiger partial charge is 0.113 e. The van der Waals surface area contributed by atoms with E-state index >= 15 is 0 Å². The third-order valence-electron chi connectivity index (χ3n) is 5.56. The lowest BCUT2D eigenvalue weighted by molar-refractivity contribution is 1.13. The van der Waals surface area contributed by atoms with Crippen LogP contribution in [0.25, 0.3) is 44.1 Å². The highest BCUT2D eigenvalue weighted by atomic mass is 15.1. The van der Waals surface area contributed by atoms with Gasteiger partial charge in [0.1, 0.15) is 5.52 Å². The summed E-state index contributed by atoms with van der Waals surface area (Å²) in [7, 11) is 4.01. The van der Waals surface area contributed by atoms with E-state index in [9.17, 15) is 0 Å². The second-order valence-electron chi connectivity index (χ2n) is 8.16. The highest BCUT2D eigenvalue weighted by Gasteiger charge is 2.08. The fraction of sp³-hybridized carbons (Fsp3) is 0.111. The molecule has 6 nitrogen and oxygen atoms in total. The largest absolute Gasteiger partial charge is 0.398 e. The Morgan fingerprint density at radius 2 is 1.06 bits per heavy atom. The van der Waals surface area contributed by atoms with Crippen LogP contribution in [-0.2, 0) is 0 Å². The first-order valence-electron chi connectivity index (χ1n) is 10.7. The van der Waals surface area contributed by atoms with Crippen molar-refractivity contribution in [1.82, 2.24) is 19.9 Å². The zero-order valence-corrected chi connectivity index (χ0v) is 18.8. The van der Waals surface area contributed by atoms with Crippen LogP contribution in [-0.4, -0.2) is 34.0 Å². The predicted octanol–water partition coefficient (Wildman–Crippen LogP) is 5.52. The Morgan fingerprint density at radius 1 is 0.576 bits per heavy atom. The second-order valence-corrected chi connectivity index (χ2v) is 8.16. The third kappa shape index (κ3) is 3.99. The molecule has 0 aliphatic heterocycles. The number of aromatic nitrogens is 4. The number of nitrogens with zero attached hydrogens (tertiary/aromatic N) is 5. The van der Waals surface area contributed by atoms with Crippen molar-refractivity contribution in [2.45, 2.75) is 6.92 Å². The Labute approximate surface area is 191 Å². The van der Waals surface area contributed by atoms with Crippen LogP contribution < -0.4 is 10.6 Å². The quantitative estimate of drug-likeness (QED) is 0.272. The summed E-state index contributed by atoms with van der Waals surface area (Å²) in [6, 6.07) is 25.7. The molecule has 6 aromatic rings. The number of rotatable bonds is 1. The molecular formula is C27H24N6. The molecule has 0 saturated carbocycles. The lowest BCUT2D eigenvalue weighted by Gasteiger charge is -2.14. The van der Waals surface area contributed by atoms with Gasteiger partial charge >= 0.3 is 0 Å². The van der Waals surface area contributed by atoms with Gasteiger partial charge in [-0.05, 0) is 61.0 Å². The van der Waals surface area contributed by atoms with Crippen LogP contribution in [0.15, 0.2) is 78.9 Å². The van der Waals surface area contributed by atoms with Gasteiger partial charge in [-0.3, -0.25) is 0 Å². The maximum atomic E-state index is 5.95. The molecule has 33 heavy (non-hydrogen) atoms. The number of nitrogens with two attached hydrogens (primary N) is 1. The number of aryl methyl sites for hydroxylation is 1. The number of anilines is 2. The van der Waals surface area contributed by atoms with Gasteiger partial charge < -0.3 is 10.6 Å². The molecule has 0 radical (unpaired) electrons. The average molecular weight is 433 g/mol. The molecule has 0 unspecified atom stereocenters. The Hall–Kier alpha value is -4.32. The fourth-order valence-electron chi connectivity index (χ4n) is 3.78. The van der Waals surface area contributed by atoms with E-state index in [1.807, 2.05) is 105 Å². The van der Waals surface area contributed by atoms with E-state index in [1.54, 1.807) is 0 Å². The van der Waals surface area contributed by atoms with Gasteiger partial charge in [0.05, 0.1) is 44.3 Å². The van der Waals surface area contributed by atoms with Crippen molar-refractivity contribution in [3.8, 4) is 0 Å². The number of fused-ring (bicyclic) bond motifs is 4. The molecule has 162 valence electrons. The summed E-state index contributed by atoms with van der Waals surface area (Å²) in [5.41, 5.74) is 16.1. The minimum absolute atomic E-state index is 0.753. The van der Waals surface area contributed by atoms with Crippen molar-refractivity contribution < 1.29 is 0 Å². The predicted molar refractivity (Wildman–Crippen MR) is 138 cm³/mol. The fourth-order valence-corrected chi connectivity index (χ4v) is 3.78. The highest BCUT2D eigenvalue weighted by Crippen LogP contribution is 2.26. The summed E-state index contributed by atoms with van der Waals surface area (Å²) in [6.07, 6.45) is 0. The number of nitrogen functional groups attached to an aromatic ring is 1. The third-order valence-corrected chi connectivity index (χ3v) is 5.56. The standard InChI is InChI=1S/C15H16N4.C12H8N2/c1-9-7-12-13(8-10(9)16)18-15-11(17-12)5-4-6-14(15)19(2)3;1-2-6-10-9(5-1)13-11-7-3-4-8-12(11)14-10/h4-8H,16H2,1-3H3;1-8H. The van der Waals surface area contributed by atoms with Crippen molar-refractivity contribution >= 4 is 55.5 Å². The lowest BCUT2D eigenvalue weighted by atomic mass is 10.1. The van der Waals surface area contributed by atoms with Gasteiger partial charge in [-0.2, -0.15) is 0 Å². The van der Waals surface area contributed by atoms with E-state index in [0.29, 0.717) is 0 Å². The van der Waals surface area contributed by atoms with Crippen LogP contribution in [0, 0.1) is 6.92 Å². The van der Waals surface area contributed by atoms with Crippen LogP contribution in [0.5, 0.6) is 0 Å². The topological polar surface area (TPSA) is 80.8 Å². The van der Waals surface area contributed by atoms with Crippen LogP contribution in [0.2, 0.25) is 0 Å². The molecule has 0 aliphatic carbocycles. The first-order chi connectivity index (χ1) is 16.0. The molecule has 0 amide bonds. The molecule has 2 aromatic heterocycles. The molecule has 0 saturated heterocycles. The van der Waals surface area contributed by atoms with Crippen LogP contribution in [0.3, 0.4) is 0 Å². The van der Waals surface area contributed by atoms with Crippen molar-refractivity contribution in [3.05, 3.63) is 84.4 Å². The van der Waals surface area contributed by atoms with Crippen LogP contribution in [0.1, 0.15) is 5.56 Å². The summed E-state index contributed by atoms with van der Waals surface area (Å²) in [6.45, 7) is 1.98. The second kappa shape index (κ2) is 8.31. The summed E-state index contributed by atoms with van der Waals surface area (Å²) < 4.78 is 0. The molecule has 0 spiro atoms. The molecule has 0 fully saturated rings. The van der Waals surface area contributed by atoms with Gasteiger partial charge in [0.15, 0.2) is 0 Å². The van der Waals surface area contributed by atoms with E-state index in [2.05, 4.69) is 15.0 Å². The van der Waals surface area contributed by atoms with Gasteiger partial charge in [0, 0.05) is 19.8 Å². The van der Waals surface area contributed by atoms with Gasteiger partial charge in [-0.25, -0.2) is 19.9 Å². The van der Waals surface area contributed by atoms with Gasteiger partial charge in [0.2, 0.25) is 0 Å². The number of hydrogen-bond donors (Lipinski definition) is 1. The van der Waals surface area contributed by atoms with Gasteiger partial charge in [-0.15, -0.1) is 0 Å². The molecular weight excluding hydrogens is 408 g/mol. The van der Waals surface area contributed by atoms with Crippen molar-refractivity contribution in [2.24, 2.45) is 0 Å². The molecule has 0 bridgehead atoms. The normalized spacial score (nSPS) is 11.0. The highest BCUT2D eigenvalue weighted by molar-refractivity contribution is 5.94. The summed E-state index contributed by atoms with van der Waals surface area (Å²) in [5.74, 6) is 0. The molecule has 4 aromatic carbocycles. The zero-order valence-electron chi connectivity index (χ0n) is 18.8. The molecule has 0 atom stereocenters. The summed E-state index contributed by atoms with van der Waals surface area (Å²) in [5, 5.41) is 0. The molecule has 6 heteroatoms. The number of para-hydroxylation sites is 5. The minimum Gasteiger partial charge on any atom is -0.398 e. The Bertz CT molecular complexity index is 1520. The molecule has 2 N–H and O–H groups in total. The van der Waals surface area contributed by atoms with Gasteiger partial charge in [0.25, 0.3) is 0 Å². The number of hydrogen-bond acceptors (Lipinski definition) is 6. The van der Waals surface area contributed by atoms with E-state index in [0.717, 1.165) is 61.1 Å². The maximum Gasteiger partial charge on any atom is 0.113 e. The first-order valence-corrected chi connectivity index (χ1v) is 10.7. The van der Waals surface area contributed by atoms with E-state index in [-0.39, 0.29) is 0 Å². The van der Waals surface area contributed by atoms with E-state index in [1.165, 1.54) is 0 Å². The van der Waals surface area contributed by atoms with Crippen LogP contribution >= 0.6 is 0 Å². The first kappa shape index (κ1) is 20.6. The van der Waals surface area contributed by atoms with Crippen LogP contribution in [0.4, 0.5) is 11.4 Å². The Kier molecular flexibility index (Phi) is 5.18. The monoisotopic (exact) mass is 432 g/mol.